The summed E-state index contributed by atoms with van der Waals surface area (Å²) in [5.41, 5.74) is 2.03. The molecule has 24 heavy (non-hydrogen) atoms. The highest BCUT2D eigenvalue weighted by Gasteiger charge is 2.30. The molecular formula is C19H18O5. The van der Waals surface area contributed by atoms with E-state index in [1.165, 1.54) is 0 Å². The minimum atomic E-state index is -0.166. The van der Waals surface area contributed by atoms with Crippen molar-refractivity contribution in [1.29, 1.82) is 0 Å². The first-order chi connectivity index (χ1) is 11.6. The Morgan fingerprint density at radius 2 is 1.67 bits per heavy atom. The van der Waals surface area contributed by atoms with E-state index >= 15 is 0 Å². The lowest BCUT2D eigenvalue weighted by molar-refractivity contribution is 0.101. The zero-order valence-corrected chi connectivity index (χ0v) is 14.0. The van der Waals surface area contributed by atoms with E-state index in [0.717, 1.165) is 5.56 Å². The molecular weight excluding hydrogens is 308 g/mol. The molecule has 0 bridgehead atoms. The fourth-order valence-electron chi connectivity index (χ4n) is 2.68. The van der Waals surface area contributed by atoms with Crippen LogP contribution in [0, 0.1) is 6.92 Å². The SMILES string of the molecule is COc1ccc(OC)c(/C=C2\Oc3c(ccc(OC)c3C)C2=O)c1. The van der Waals surface area contributed by atoms with Crippen LogP contribution in [-0.4, -0.2) is 27.1 Å². The molecule has 3 rings (SSSR count). The summed E-state index contributed by atoms with van der Waals surface area (Å²) in [6.45, 7) is 1.86. The summed E-state index contributed by atoms with van der Waals surface area (Å²) in [6, 6.07) is 8.85. The molecule has 0 fully saturated rings. The Labute approximate surface area is 140 Å². The summed E-state index contributed by atoms with van der Waals surface area (Å²) < 4.78 is 21.7. The fourth-order valence-corrected chi connectivity index (χ4v) is 2.68. The highest BCUT2D eigenvalue weighted by atomic mass is 16.5. The van der Waals surface area contributed by atoms with Gasteiger partial charge < -0.3 is 18.9 Å². The van der Waals surface area contributed by atoms with E-state index in [2.05, 4.69) is 0 Å². The number of allylic oxidation sites excluding steroid dienone is 1. The molecule has 1 heterocycles. The molecule has 0 radical (unpaired) electrons. The number of methoxy groups -OCH3 is 3. The minimum Gasteiger partial charge on any atom is -0.497 e. The number of ether oxygens (including phenoxy) is 4. The summed E-state index contributed by atoms with van der Waals surface area (Å²) in [6.07, 6.45) is 1.66. The summed E-state index contributed by atoms with van der Waals surface area (Å²) >= 11 is 0. The van der Waals surface area contributed by atoms with Crippen LogP contribution < -0.4 is 18.9 Å². The number of benzene rings is 2. The van der Waals surface area contributed by atoms with Crippen molar-refractivity contribution < 1.29 is 23.7 Å². The molecule has 0 N–H and O–H groups in total. The molecule has 0 aliphatic carbocycles. The monoisotopic (exact) mass is 326 g/mol. The van der Waals surface area contributed by atoms with Gasteiger partial charge in [0.1, 0.15) is 23.0 Å². The van der Waals surface area contributed by atoms with E-state index < -0.39 is 0 Å². The summed E-state index contributed by atoms with van der Waals surface area (Å²) in [4.78, 5) is 12.6. The lowest BCUT2D eigenvalue weighted by atomic mass is 10.1. The third kappa shape index (κ3) is 2.58. The number of carbonyl (C=O) groups excluding carboxylic acids is 1. The maximum absolute atomic E-state index is 12.6. The van der Waals surface area contributed by atoms with Crippen molar-refractivity contribution in [2.75, 3.05) is 21.3 Å². The van der Waals surface area contributed by atoms with Crippen LogP contribution in [-0.2, 0) is 0 Å². The van der Waals surface area contributed by atoms with E-state index in [4.69, 9.17) is 18.9 Å². The molecule has 0 saturated carbocycles. The van der Waals surface area contributed by atoms with Crippen LogP contribution in [0.25, 0.3) is 6.08 Å². The first kappa shape index (κ1) is 15.9. The van der Waals surface area contributed by atoms with Crippen LogP contribution in [0.2, 0.25) is 0 Å². The lowest BCUT2D eigenvalue weighted by Gasteiger charge is -2.09. The van der Waals surface area contributed by atoms with Gasteiger partial charge in [-0.1, -0.05) is 0 Å². The lowest BCUT2D eigenvalue weighted by Crippen LogP contribution is -1.99. The van der Waals surface area contributed by atoms with Crippen LogP contribution in [0.3, 0.4) is 0 Å². The summed E-state index contributed by atoms with van der Waals surface area (Å²) in [5.74, 6) is 2.59. The van der Waals surface area contributed by atoms with Crippen LogP contribution in [0.5, 0.6) is 23.0 Å². The predicted molar refractivity (Wildman–Crippen MR) is 90.2 cm³/mol. The van der Waals surface area contributed by atoms with Crippen molar-refractivity contribution in [2.24, 2.45) is 0 Å². The van der Waals surface area contributed by atoms with Gasteiger partial charge in [0, 0.05) is 11.1 Å². The van der Waals surface area contributed by atoms with Gasteiger partial charge in [-0.25, -0.2) is 0 Å². The third-order valence-electron chi connectivity index (χ3n) is 3.98. The van der Waals surface area contributed by atoms with Crippen molar-refractivity contribution in [3.05, 3.63) is 52.8 Å². The van der Waals surface area contributed by atoms with Crippen molar-refractivity contribution in [3.63, 3.8) is 0 Å². The van der Waals surface area contributed by atoms with Gasteiger partial charge in [0.25, 0.3) is 0 Å². The van der Waals surface area contributed by atoms with Crippen LogP contribution in [0.15, 0.2) is 36.1 Å². The average Bonchev–Trinajstić information content (AvgIpc) is 2.92. The van der Waals surface area contributed by atoms with E-state index in [9.17, 15) is 4.79 Å². The summed E-state index contributed by atoms with van der Waals surface area (Å²) in [7, 11) is 4.75. The van der Waals surface area contributed by atoms with Gasteiger partial charge in [0.15, 0.2) is 5.76 Å². The molecule has 0 saturated heterocycles. The van der Waals surface area contributed by atoms with E-state index in [1.54, 1.807) is 57.7 Å². The molecule has 2 aromatic rings. The Balaban J connectivity index is 2.05. The molecule has 0 atom stereocenters. The minimum absolute atomic E-state index is 0.166. The van der Waals surface area contributed by atoms with Gasteiger partial charge in [0.05, 0.1) is 26.9 Å². The maximum atomic E-state index is 12.6. The standard InChI is InChI=1S/C19H18O5/c1-11-15(22-3)8-6-14-18(20)17(24-19(11)14)10-12-9-13(21-2)5-7-16(12)23-4/h5-10H,1-4H3/b17-10-. The normalized spacial score (nSPS) is 14.3. The van der Waals surface area contributed by atoms with Gasteiger partial charge in [0.2, 0.25) is 5.78 Å². The second-order valence-corrected chi connectivity index (χ2v) is 5.32. The highest BCUT2D eigenvalue weighted by Crippen LogP contribution is 2.39. The van der Waals surface area contributed by atoms with Gasteiger partial charge in [-0.3, -0.25) is 4.79 Å². The first-order valence-corrected chi connectivity index (χ1v) is 7.43. The molecule has 0 amide bonds. The predicted octanol–water partition coefficient (Wildman–Crippen LogP) is 3.64. The maximum Gasteiger partial charge on any atom is 0.231 e. The van der Waals surface area contributed by atoms with E-state index in [-0.39, 0.29) is 11.5 Å². The van der Waals surface area contributed by atoms with Gasteiger partial charge in [-0.05, 0) is 43.3 Å². The van der Waals surface area contributed by atoms with Crippen LogP contribution >= 0.6 is 0 Å². The number of hydrogen-bond acceptors (Lipinski definition) is 5. The Bertz CT molecular complexity index is 836. The van der Waals surface area contributed by atoms with Crippen LogP contribution in [0.1, 0.15) is 21.5 Å². The highest BCUT2D eigenvalue weighted by molar-refractivity contribution is 6.15. The van der Waals surface area contributed by atoms with Gasteiger partial charge in [-0.2, -0.15) is 0 Å². The smallest absolute Gasteiger partial charge is 0.231 e. The van der Waals surface area contributed by atoms with Gasteiger partial charge in [-0.15, -0.1) is 0 Å². The molecule has 5 nitrogen and oxygen atoms in total. The first-order valence-electron chi connectivity index (χ1n) is 7.43. The van der Waals surface area contributed by atoms with Crippen LogP contribution in [0.4, 0.5) is 0 Å². The Kier molecular flexibility index (Phi) is 4.16. The fraction of sp³-hybridized carbons (Fsp3) is 0.211. The molecule has 5 heteroatoms. The largest absolute Gasteiger partial charge is 0.497 e. The Morgan fingerprint density at radius 3 is 2.33 bits per heavy atom. The molecule has 1 aliphatic heterocycles. The average molecular weight is 326 g/mol. The second kappa shape index (κ2) is 6.28. The quantitative estimate of drug-likeness (QED) is 0.803. The number of rotatable bonds is 4. The molecule has 0 aromatic heterocycles. The number of carbonyl (C=O) groups is 1. The van der Waals surface area contributed by atoms with Crippen molar-refractivity contribution >= 4 is 11.9 Å². The second-order valence-electron chi connectivity index (χ2n) is 5.32. The Morgan fingerprint density at radius 1 is 0.958 bits per heavy atom. The molecule has 1 aliphatic rings. The third-order valence-corrected chi connectivity index (χ3v) is 3.98. The zero-order chi connectivity index (χ0) is 17.3. The molecule has 0 spiro atoms. The van der Waals surface area contributed by atoms with E-state index in [1.807, 2.05) is 6.92 Å². The zero-order valence-electron chi connectivity index (χ0n) is 14.0. The topological polar surface area (TPSA) is 54.0 Å². The van der Waals surface area contributed by atoms with Crippen molar-refractivity contribution in [1.82, 2.24) is 0 Å². The Hall–Kier alpha value is -2.95. The molecule has 124 valence electrons. The number of hydrogen-bond donors (Lipinski definition) is 0. The number of Topliss-reactive ketones (excluding diaryl/α,β-unsaturated/α-hetero) is 1. The van der Waals surface area contributed by atoms with Gasteiger partial charge >= 0.3 is 0 Å². The molecule has 0 unspecified atom stereocenters. The van der Waals surface area contributed by atoms with Crippen molar-refractivity contribution in [2.45, 2.75) is 6.92 Å². The molecule has 2 aromatic carbocycles. The number of ketones is 1. The van der Waals surface area contributed by atoms with Crippen molar-refractivity contribution in [3.8, 4) is 23.0 Å². The number of fused-ring (bicyclic) bond motifs is 1. The summed E-state index contributed by atoms with van der Waals surface area (Å²) in [5, 5.41) is 0. The van der Waals surface area contributed by atoms with E-state index in [0.29, 0.717) is 34.1 Å².